The highest BCUT2D eigenvalue weighted by atomic mass is 35.5. The van der Waals surface area contributed by atoms with E-state index in [1.807, 2.05) is 6.07 Å². The van der Waals surface area contributed by atoms with Crippen LogP contribution >= 0.6 is 12.4 Å². The van der Waals surface area contributed by atoms with Crippen molar-refractivity contribution in [1.29, 1.82) is 0 Å². The van der Waals surface area contributed by atoms with Crippen molar-refractivity contribution in [2.45, 2.75) is 32.2 Å². The smallest absolute Gasteiger partial charge is 0.226 e. The van der Waals surface area contributed by atoms with Crippen molar-refractivity contribution < 1.29 is 4.79 Å². The fourth-order valence-electron chi connectivity index (χ4n) is 3.35. The maximum absolute atomic E-state index is 12.7. The lowest BCUT2D eigenvalue weighted by molar-refractivity contribution is -0.138. The second kappa shape index (κ2) is 7.28. The Bertz CT molecular complexity index is 461. The molecule has 0 bridgehead atoms. The molecule has 1 aromatic carbocycles. The summed E-state index contributed by atoms with van der Waals surface area (Å²) in [5.41, 5.74) is 1.34. The third-order valence-electron chi connectivity index (χ3n) is 4.88. The van der Waals surface area contributed by atoms with Crippen LogP contribution in [0, 0.1) is 11.8 Å². The van der Waals surface area contributed by atoms with E-state index in [0.29, 0.717) is 17.9 Å². The van der Waals surface area contributed by atoms with Gasteiger partial charge in [0.2, 0.25) is 5.91 Å². The van der Waals surface area contributed by atoms with Gasteiger partial charge in [-0.2, -0.15) is 0 Å². The van der Waals surface area contributed by atoms with Crippen molar-refractivity contribution in [3.05, 3.63) is 35.9 Å². The van der Waals surface area contributed by atoms with Gasteiger partial charge in [0, 0.05) is 18.5 Å². The highest BCUT2D eigenvalue weighted by Crippen LogP contribution is 2.26. The molecule has 0 spiro atoms. The first-order chi connectivity index (χ1) is 9.75. The van der Waals surface area contributed by atoms with Crippen LogP contribution in [0.5, 0.6) is 0 Å². The van der Waals surface area contributed by atoms with Gasteiger partial charge in [0.1, 0.15) is 0 Å². The number of rotatable bonds is 4. The van der Waals surface area contributed by atoms with E-state index in [1.165, 1.54) is 5.56 Å². The molecule has 1 amide bonds. The monoisotopic (exact) mass is 308 g/mol. The van der Waals surface area contributed by atoms with E-state index < -0.39 is 0 Å². The molecule has 1 N–H and O–H groups in total. The summed E-state index contributed by atoms with van der Waals surface area (Å²) in [6, 6.07) is 11.0. The zero-order chi connectivity index (χ0) is 13.9. The van der Waals surface area contributed by atoms with Gasteiger partial charge in [0.05, 0.1) is 0 Å². The minimum atomic E-state index is 0. The summed E-state index contributed by atoms with van der Waals surface area (Å²) in [6.07, 6.45) is 3.30. The van der Waals surface area contributed by atoms with Crippen LogP contribution in [0.1, 0.15) is 25.3 Å². The van der Waals surface area contributed by atoms with Gasteiger partial charge in [0.25, 0.3) is 0 Å². The molecule has 116 valence electrons. The molecule has 2 aliphatic rings. The van der Waals surface area contributed by atoms with Gasteiger partial charge >= 0.3 is 0 Å². The number of hydrogen-bond donors (Lipinski definition) is 1. The first-order valence-corrected chi connectivity index (χ1v) is 7.81. The van der Waals surface area contributed by atoms with E-state index in [0.717, 1.165) is 38.9 Å². The molecule has 0 aromatic heterocycles. The number of halogens is 1. The second-order valence-corrected chi connectivity index (χ2v) is 6.22. The summed E-state index contributed by atoms with van der Waals surface area (Å²) in [6.45, 7) is 5.06. The first-order valence-electron chi connectivity index (χ1n) is 7.81. The van der Waals surface area contributed by atoms with Gasteiger partial charge in [0.15, 0.2) is 0 Å². The Morgan fingerprint density at radius 3 is 2.67 bits per heavy atom. The van der Waals surface area contributed by atoms with Crippen LogP contribution in [-0.4, -0.2) is 36.5 Å². The Labute approximate surface area is 133 Å². The largest absolute Gasteiger partial charge is 0.339 e. The highest BCUT2D eigenvalue weighted by molar-refractivity contribution is 5.85. The quantitative estimate of drug-likeness (QED) is 0.927. The Balaban J connectivity index is 0.00000161. The van der Waals surface area contributed by atoms with Gasteiger partial charge in [-0.25, -0.2) is 0 Å². The van der Waals surface area contributed by atoms with Crippen LogP contribution in [0.25, 0.3) is 0 Å². The van der Waals surface area contributed by atoms with Crippen LogP contribution in [0.15, 0.2) is 30.3 Å². The minimum Gasteiger partial charge on any atom is -0.339 e. The molecule has 2 fully saturated rings. The average Bonchev–Trinajstić information content (AvgIpc) is 2.85. The number of carbonyl (C=O) groups excluding carboxylic acids is 1. The molecule has 2 heterocycles. The van der Waals surface area contributed by atoms with Crippen LogP contribution in [-0.2, 0) is 11.2 Å². The summed E-state index contributed by atoms with van der Waals surface area (Å²) in [7, 11) is 0. The zero-order valence-electron chi connectivity index (χ0n) is 12.6. The van der Waals surface area contributed by atoms with E-state index in [1.54, 1.807) is 0 Å². The van der Waals surface area contributed by atoms with Crippen LogP contribution < -0.4 is 5.32 Å². The van der Waals surface area contributed by atoms with Crippen LogP contribution in [0.3, 0.4) is 0 Å². The van der Waals surface area contributed by atoms with Gasteiger partial charge in [-0.05, 0) is 43.8 Å². The molecule has 2 saturated heterocycles. The fraction of sp³-hybridized carbons (Fsp3) is 0.588. The summed E-state index contributed by atoms with van der Waals surface area (Å²) < 4.78 is 0. The molecule has 0 aliphatic carbocycles. The fourth-order valence-corrected chi connectivity index (χ4v) is 3.35. The van der Waals surface area contributed by atoms with Gasteiger partial charge in [-0.3, -0.25) is 4.79 Å². The molecule has 3 nitrogen and oxygen atoms in total. The summed E-state index contributed by atoms with van der Waals surface area (Å²) >= 11 is 0. The van der Waals surface area contributed by atoms with Crippen molar-refractivity contribution in [3.63, 3.8) is 0 Å². The van der Waals surface area contributed by atoms with Crippen molar-refractivity contribution in [3.8, 4) is 0 Å². The number of nitrogens with zero attached hydrogens (tertiary/aromatic N) is 1. The molecule has 21 heavy (non-hydrogen) atoms. The van der Waals surface area contributed by atoms with Gasteiger partial charge in [-0.15, -0.1) is 12.4 Å². The number of likely N-dealkylation sites (tertiary alicyclic amines) is 1. The lowest BCUT2D eigenvalue weighted by Crippen LogP contribution is -2.51. The summed E-state index contributed by atoms with van der Waals surface area (Å²) in [4.78, 5) is 14.8. The van der Waals surface area contributed by atoms with Crippen molar-refractivity contribution >= 4 is 18.3 Å². The normalized spacial score (nSPS) is 23.3. The number of amides is 1. The second-order valence-electron chi connectivity index (χ2n) is 6.22. The lowest BCUT2D eigenvalue weighted by Gasteiger charge is -2.35. The van der Waals surface area contributed by atoms with E-state index in [4.69, 9.17) is 0 Å². The van der Waals surface area contributed by atoms with E-state index in [-0.39, 0.29) is 18.3 Å². The van der Waals surface area contributed by atoms with Crippen LogP contribution in [0.2, 0.25) is 0 Å². The van der Waals surface area contributed by atoms with Crippen molar-refractivity contribution in [2.75, 3.05) is 19.6 Å². The van der Waals surface area contributed by atoms with Crippen molar-refractivity contribution in [2.24, 2.45) is 11.8 Å². The average molecular weight is 309 g/mol. The predicted molar refractivity (Wildman–Crippen MR) is 87.7 cm³/mol. The predicted octanol–water partition coefficient (Wildman–Crippen LogP) is 2.50. The Kier molecular flexibility index (Phi) is 5.65. The summed E-state index contributed by atoms with van der Waals surface area (Å²) in [5, 5.41) is 3.27. The molecule has 2 aliphatic heterocycles. The molecular formula is C17H25ClN2O. The Morgan fingerprint density at radius 1 is 1.33 bits per heavy atom. The van der Waals surface area contributed by atoms with E-state index in [9.17, 15) is 4.79 Å². The Hall–Kier alpha value is -1.06. The molecular weight excluding hydrogens is 284 g/mol. The topological polar surface area (TPSA) is 32.3 Å². The number of nitrogens with one attached hydrogen (secondary N) is 1. The minimum absolute atomic E-state index is 0. The van der Waals surface area contributed by atoms with Crippen molar-refractivity contribution in [1.82, 2.24) is 10.2 Å². The van der Waals surface area contributed by atoms with Gasteiger partial charge < -0.3 is 10.2 Å². The maximum atomic E-state index is 12.7. The number of carbonyl (C=O) groups is 1. The first kappa shape index (κ1) is 16.3. The third-order valence-corrected chi connectivity index (χ3v) is 4.88. The van der Waals surface area contributed by atoms with E-state index in [2.05, 4.69) is 41.4 Å². The highest BCUT2D eigenvalue weighted by Gasteiger charge is 2.36. The van der Waals surface area contributed by atoms with Gasteiger partial charge in [-0.1, -0.05) is 37.3 Å². The lowest BCUT2D eigenvalue weighted by atomic mass is 9.87. The molecule has 0 radical (unpaired) electrons. The molecule has 2 atom stereocenters. The molecule has 4 heteroatoms. The number of benzene rings is 1. The number of hydrogen-bond acceptors (Lipinski definition) is 2. The molecule has 1 aromatic rings. The summed E-state index contributed by atoms with van der Waals surface area (Å²) in [5.74, 6) is 1.09. The standard InChI is InChI=1S/C17H24N2O.ClH/c1-13(15-11-18-12-15)17(20)19-9-5-8-16(19)10-14-6-3-2-4-7-14;/h2-4,6-7,13,15-16,18H,5,8-12H2,1H3;1H. The molecule has 3 rings (SSSR count). The third kappa shape index (κ3) is 3.58. The molecule has 2 unspecified atom stereocenters. The van der Waals surface area contributed by atoms with Crippen LogP contribution in [0.4, 0.5) is 0 Å². The SMILES string of the molecule is CC(C(=O)N1CCCC1Cc1ccccc1)C1CNC1.Cl. The zero-order valence-corrected chi connectivity index (χ0v) is 13.4. The molecule has 0 saturated carbocycles. The van der Waals surface area contributed by atoms with E-state index >= 15 is 0 Å². The Morgan fingerprint density at radius 2 is 2.05 bits per heavy atom. The maximum Gasteiger partial charge on any atom is 0.226 e.